The van der Waals surface area contributed by atoms with Crippen LogP contribution in [0.2, 0.25) is 0 Å². The third-order valence-corrected chi connectivity index (χ3v) is 5.42. The molecule has 1 saturated heterocycles. The van der Waals surface area contributed by atoms with E-state index >= 15 is 0 Å². The van der Waals surface area contributed by atoms with E-state index in [9.17, 15) is 9.90 Å². The first-order chi connectivity index (χ1) is 11.6. The first-order valence-corrected chi connectivity index (χ1v) is 8.23. The summed E-state index contributed by atoms with van der Waals surface area (Å²) in [4.78, 5) is 13.8. The lowest BCUT2D eigenvalue weighted by Crippen LogP contribution is -2.34. The highest BCUT2D eigenvalue weighted by Crippen LogP contribution is 2.52. The molecule has 0 aromatic heterocycles. The summed E-state index contributed by atoms with van der Waals surface area (Å²) in [6.45, 7) is 0.805. The van der Waals surface area contributed by atoms with Crippen molar-refractivity contribution in [1.82, 2.24) is 0 Å². The minimum absolute atomic E-state index is 0.0509. The molecule has 0 amide bonds. The highest BCUT2D eigenvalue weighted by atomic mass is 16.5. The average molecular weight is 327 g/mol. The summed E-state index contributed by atoms with van der Waals surface area (Å²) in [6, 6.07) is 2.18. The zero-order valence-corrected chi connectivity index (χ0v) is 13.9. The van der Waals surface area contributed by atoms with Gasteiger partial charge in [0, 0.05) is 35.3 Å². The monoisotopic (exact) mass is 327 g/mol. The molecule has 24 heavy (non-hydrogen) atoms. The number of phenols is 1. The van der Waals surface area contributed by atoms with Gasteiger partial charge >= 0.3 is 0 Å². The Morgan fingerprint density at radius 1 is 1.21 bits per heavy atom. The van der Waals surface area contributed by atoms with Crippen LogP contribution >= 0.6 is 0 Å². The Balaban J connectivity index is 1.76. The molecule has 126 valence electrons. The molecule has 1 fully saturated rings. The summed E-state index contributed by atoms with van der Waals surface area (Å²) in [6.07, 6.45) is 10.3. The smallest absolute Gasteiger partial charge is 0.203 e. The number of aromatic hydroxyl groups is 1. The van der Waals surface area contributed by atoms with Crippen molar-refractivity contribution in [2.75, 3.05) is 25.7 Å². The van der Waals surface area contributed by atoms with Gasteiger partial charge in [0.1, 0.15) is 0 Å². The number of benzene rings is 1. The molecule has 0 saturated carbocycles. The van der Waals surface area contributed by atoms with Gasteiger partial charge in [0.05, 0.1) is 14.2 Å². The summed E-state index contributed by atoms with van der Waals surface area (Å²) >= 11 is 0. The van der Waals surface area contributed by atoms with Gasteiger partial charge in [-0.1, -0.05) is 12.2 Å². The number of hydrogen-bond acceptors (Lipinski definition) is 5. The summed E-state index contributed by atoms with van der Waals surface area (Å²) < 4.78 is 10.8. The van der Waals surface area contributed by atoms with Crippen molar-refractivity contribution in [3.05, 3.63) is 35.9 Å². The van der Waals surface area contributed by atoms with E-state index in [1.54, 1.807) is 25.3 Å². The summed E-state index contributed by atoms with van der Waals surface area (Å²) in [5.74, 6) is 1.16. The minimum atomic E-state index is -0.0943. The van der Waals surface area contributed by atoms with Gasteiger partial charge in [0.15, 0.2) is 17.3 Å². The Morgan fingerprint density at radius 2 is 1.92 bits per heavy atom. The topological polar surface area (TPSA) is 59.0 Å². The predicted molar refractivity (Wildman–Crippen MR) is 91.0 cm³/mol. The summed E-state index contributed by atoms with van der Waals surface area (Å²) in [5, 5.41) is 10.3. The average Bonchev–Trinajstić information content (AvgIpc) is 2.95. The van der Waals surface area contributed by atoms with Gasteiger partial charge in [-0.15, -0.1) is 0 Å². The number of methoxy groups -OCH3 is 2. The molecule has 0 bridgehead atoms. The second-order valence-corrected chi connectivity index (χ2v) is 6.79. The first-order valence-electron chi connectivity index (χ1n) is 8.23. The van der Waals surface area contributed by atoms with E-state index in [2.05, 4.69) is 4.90 Å². The molecular weight excluding hydrogens is 306 g/mol. The van der Waals surface area contributed by atoms with Crippen molar-refractivity contribution in [3.8, 4) is 17.2 Å². The van der Waals surface area contributed by atoms with Crippen LogP contribution in [0.15, 0.2) is 30.4 Å². The molecule has 1 aromatic carbocycles. The van der Waals surface area contributed by atoms with Gasteiger partial charge in [-0.2, -0.15) is 0 Å². The molecule has 4 rings (SSSR count). The van der Waals surface area contributed by atoms with Crippen LogP contribution < -0.4 is 14.4 Å². The Kier molecular flexibility index (Phi) is 3.34. The molecule has 2 aliphatic heterocycles. The molecule has 2 heterocycles. The SMILES string of the molecule is COc1c(O)cc2c(c1OC)CCC1CC3(C=CC(=O)C=C3)CN21. The quantitative estimate of drug-likeness (QED) is 0.905. The van der Waals surface area contributed by atoms with E-state index in [0.29, 0.717) is 17.5 Å². The standard InChI is InChI=1S/C19H21NO4/c1-23-17-14-4-3-12-10-19(7-5-13(21)6-8-19)11-20(12)15(14)9-16(22)18(17)24-2/h5-9,12,22H,3-4,10-11H2,1-2H3. The van der Waals surface area contributed by atoms with Crippen molar-refractivity contribution >= 4 is 11.5 Å². The number of hydrogen-bond donors (Lipinski definition) is 1. The van der Waals surface area contributed by atoms with Crippen molar-refractivity contribution in [2.24, 2.45) is 5.41 Å². The maximum Gasteiger partial charge on any atom is 0.203 e. The Labute approximate surface area is 141 Å². The van der Waals surface area contributed by atoms with E-state index in [0.717, 1.165) is 37.1 Å². The fraction of sp³-hybridized carbons (Fsp3) is 0.421. The molecule has 1 aromatic rings. The summed E-state index contributed by atoms with van der Waals surface area (Å²) in [7, 11) is 3.14. The molecule has 5 nitrogen and oxygen atoms in total. The van der Waals surface area contributed by atoms with E-state index in [-0.39, 0.29) is 16.9 Å². The van der Waals surface area contributed by atoms with Crippen molar-refractivity contribution in [3.63, 3.8) is 0 Å². The lowest BCUT2D eigenvalue weighted by molar-refractivity contribution is -0.110. The van der Waals surface area contributed by atoms with Crippen LogP contribution in [0, 0.1) is 5.41 Å². The zero-order valence-electron chi connectivity index (χ0n) is 13.9. The predicted octanol–water partition coefficient (Wildman–Crippen LogP) is 2.62. The van der Waals surface area contributed by atoms with Crippen molar-refractivity contribution < 1.29 is 19.4 Å². The number of carbonyl (C=O) groups excluding carboxylic acids is 1. The van der Waals surface area contributed by atoms with E-state index < -0.39 is 0 Å². The lowest BCUT2D eigenvalue weighted by Gasteiger charge is -2.35. The molecule has 1 unspecified atom stereocenters. The van der Waals surface area contributed by atoms with E-state index in [4.69, 9.17) is 9.47 Å². The third-order valence-electron chi connectivity index (χ3n) is 5.42. The lowest BCUT2D eigenvalue weighted by atomic mass is 9.81. The highest BCUT2D eigenvalue weighted by Gasteiger charge is 2.44. The number of rotatable bonds is 2. The number of carbonyl (C=O) groups is 1. The molecule has 0 radical (unpaired) electrons. The van der Waals surface area contributed by atoms with Gasteiger partial charge < -0.3 is 19.5 Å². The molecule has 5 heteroatoms. The van der Waals surface area contributed by atoms with E-state index in [1.165, 1.54) is 7.11 Å². The zero-order chi connectivity index (χ0) is 16.9. The Hall–Kier alpha value is -2.43. The number of nitrogens with zero attached hydrogens (tertiary/aromatic N) is 1. The van der Waals surface area contributed by atoms with Gasteiger partial charge in [-0.05, 0) is 31.4 Å². The fourth-order valence-electron chi connectivity index (χ4n) is 4.32. The molecule has 1 aliphatic carbocycles. The normalized spacial score (nSPS) is 23.3. The van der Waals surface area contributed by atoms with Crippen LogP contribution in [0.1, 0.15) is 18.4 Å². The van der Waals surface area contributed by atoms with Crippen molar-refractivity contribution in [2.45, 2.75) is 25.3 Å². The van der Waals surface area contributed by atoms with Crippen LogP contribution in [0.5, 0.6) is 17.2 Å². The largest absolute Gasteiger partial charge is 0.504 e. The maximum atomic E-state index is 11.5. The van der Waals surface area contributed by atoms with Gasteiger partial charge in [-0.3, -0.25) is 4.79 Å². The second-order valence-electron chi connectivity index (χ2n) is 6.79. The molecule has 3 aliphatic rings. The Bertz CT molecular complexity index is 749. The number of ether oxygens (including phenoxy) is 2. The van der Waals surface area contributed by atoms with Crippen LogP contribution in [-0.4, -0.2) is 37.7 Å². The number of allylic oxidation sites excluding steroid dienone is 2. The Morgan fingerprint density at radius 3 is 2.58 bits per heavy atom. The van der Waals surface area contributed by atoms with Crippen molar-refractivity contribution in [1.29, 1.82) is 0 Å². The molecule has 1 spiro atoms. The van der Waals surface area contributed by atoms with Gasteiger partial charge in [-0.25, -0.2) is 0 Å². The third kappa shape index (κ3) is 2.11. The van der Waals surface area contributed by atoms with Crippen LogP contribution in [0.25, 0.3) is 0 Å². The second kappa shape index (κ2) is 5.30. The van der Waals surface area contributed by atoms with E-state index in [1.807, 2.05) is 12.2 Å². The number of phenolic OH excluding ortho intramolecular Hbond substituents is 1. The first kappa shape index (κ1) is 15.1. The summed E-state index contributed by atoms with van der Waals surface area (Å²) in [5.41, 5.74) is 2.00. The molecular formula is C19H21NO4. The van der Waals surface area contributed by atoms with Crippen LogP contribution in [-0.2, 0) is 11.2 Å². The number of ketones is 1. The van der Waals surface area contributed by atoms with Crippen LogP contribution in [0.4, 0.5) is 5.69 Å². The number of fused-ring (bicyclic) bond motifs is 3. The maximum absolute atomic E-state index is 11.5. The fourth-order valence-corrected chi connectivity index (χ4v) is 4.32. The molecule has 1 N–H and O–H groups in total. The van der Waals surface area contributed by atoms with Crippen LogP contribution in [0.3, 0.4) is 0 Å². The van der Waals surface area contributed by atoms with Gasteiger partial charge in [0.2, 0.25) is 5.75 Å². The molecule has 1 atom stereocenters. The minimum Gasteiger partial charge on any atom is -0.504 e. The number of anilines is 1. The highest BCUT2D eigenvalue weighted by molar-refractivity contribution is 6.00. The van der Waals surface area contributed by atoms with Gasteiger partial charge in [0.25, 0.3) is 0 Å².